The summed E-state index contributed by atoms with van der Waals surface area (Å²) in [4.78, 5) is 0. The van der Waals surface area contributed by atoms with Gasteiger partial charge in [0.05, 0.1) is 0 Å². The van der Waals surface area contributed by atoms with Gasteiger partial charge in [-0.05, 0) is 36.0 Å². The van der Waals surface area contributed by atoms with Gasteiger partial charge in [0.15, 0.2) is 0 Å². The van der Waals surface area contributed by atoms with E-state index in [1.807, 2.05) is 12.1 Å². The van der Waals surface area contributed by atoms with Crippen molar-refractivity contribution in [3.05, 3.63) is 40.4 Å². The number of benzene rings is 1. The van der Waals surface area contributed by atoms with Gasteiger partial charge >= 0.3 is 0 Å². The van der Waals surface area contributed by atoms with Crippen molar-refractivity contribution in [1.29, 1.82) is 0 Å². The number of aliphatic hydroxyl groups excluding tert-OH is 1. The van der Waals surface area contributed by atoms with Crippen LogP contribution in [0.4, 0.5) is 0 Å². The summed E-state index contributed by atoms with van der Waals surface area (Å²) >= 11 is 3.50. The van der Waals surface area contributed by atoms with Crippen LogP contribution < -0.4 is 0 Å². The Morgan fingerprint density at radius 3 is 2.67 bits per heavy atom. The highest BCUT2D eigenvalue weighted by atomic mass is 79.9. The lowest BCUT2D eigenvalue weighted by molar-refractivity contribution is 0.415. The lowest BCUT2D eigenvalue weighted by atomic mass is 10.1. The Morgan fingerprint density at radius 2 is 2.17 bits per heavy atom. The van der Waals surface area contributed by atoms with Crippen LogP contribution in [0.15, 0.2) is 22.7 Å². The van der Waals surface area contributed by atoms with Crippen LogP contribution in [-0.4, -0.2) is 5.11 Å². The molecule has 1 aliphatic rings. The molecule has 2 rings (SSSR count). The Hall–Kier alpha value is -0.340. The summed E-state index contributed by atoms with van der Waals surface area (Å²) in [7, 11) is 0. The Morgan fingerprint density at radius 1 is 1.42 bits per heavy atom. The van der Waals surface area contributed by atoms with Gasteiger partial charge in [0.25, 0.3) is 0 Å². The third-order valence-corrected chi connectivity index (χ3v) is 2.88. The Labute approximate surface area is 80.5 Å². The van der Waals surface area contributed by atoms with Gasteiger partial charge in [0.2, 0.25) is 0 Å². The molecule has 0 spiro atoms. The van der Waals surface area contributed by atoms with Crippen LogP contribution in [0.5, 0.6) is 0 Å². The van der Waals surface area contributed by atoms with E-state index in [2.05, 4.69) is 22.0 Å². The zero-order valence-corrected chi connectivity index (χ0v) is 8.21. The summed E-state index contributed by atoms with van der Waals surface area (Å²) in [5, 5.41) is 8.76. The van der Waals surface area contributed by atoms with Crippen molar-refractivity contribution in [1.82, 2.24) is 0 Å². The topological polar surface area (TPSA) is 20.2 Å². The normalized spacial score (nSPS) is 16.5. The van der Waals surface area contributed by atoms with Gasteiger partial charge in [-0.15, -0.1) is 0 Å². The molecule has 12 heavy (non-hydrogen) atoms. The molecular weight excluding hydrogens is 216 g/mol. The largest absolute Gasteiger partial charge is 0.385 e. The van der Waals surface area contributed by atoms with Crippen molar-refractivity contribution < 1.29 is 5.11 Å². The molecule has 1 fully saturated rings. The molecule has 0 aromatic heterocycles. The monoisotopic (exact) mass is 225 g/mol. The predicted octanol–water partition coefficient (Wildman–Crippen LogP) is 3.21. The fourth-order valence-corrected chi connectivity index (χ4v) is 2.07. The Balaban J connectivity index is 2.32. The molecule has 0 atom stereocenters. The van der Waals surface area contributed by atoms with Crippen LogP contribution in [0.1, 0.15) is 29.9 Å². The second-order valence-corrected chi connectivity index (χ2v) is 4.04. The summed E-state index contributed by atoms with van der Waals surface area (Å²) in [6.07, 6.45) is 2.61. The minimum absolute atomic E-state index is 0.757. The van der Waals surface area contributed by atoms with E-state index >= 15 is 0 Å². The molecule has 1 aliphatic carbocycles. The fourth-order valence-electron chi connectivity index (χ4n) is 1.35. The molecule has 2 heteroatoms. The van der Waals surface area contributed by atoms with E-state index in [9.17, 15) is 0 Å². The maximum Gasteiger partial charge on any atom is 0.109 e. The first-order valence-electron chi connectivity index (χ1n) is 4.08. The van der Waals surface area contributed by atoms with Crippen molar-refractivity contribution in [2.24, 2.45) is 0 Å². The van der Waals surface area contributed by atoms with E-state index < -0.39 is 0 Å². The standard InChI is InChI=1S/C10H10BrO/c11-10-5-7(6-12)1-4-9(10)8-2-3-8/h1,4-6,8,12H,2-3H2. The molecule has 0 amide bonds. The van der Waals surface area contributed by atoms with Gasteiger partial charge in [-0.25, -0.2) is 0 Å². The van der Waals surface area contributed by atoms with Crippen molar-refractivity contribution >= 4 is 15.9 Å². The fraction of sp³-hybridized carbons (Fsp3) is 0.300. The molecule has 1 radical (unpaired) electrons. The molecule has 0 aliphatic heterocycles. The smallest absolute Gasteiger partial charge is 0.109 e. The molecule has 63 valence electrons. The molecule has 1 saturated carbocycles. The number of rotatable bonds is 2. The van der Waals surface area contributed by atoms with Crippen LogP contribution in [-0.2, 0) is 0 Å². The molecule has 1 N–H and O–H groups in total. The molecule has 0 unspecified atom stereocenters. The van der Waals surface area contributed by atoms with E-state index in [1.54, 1.807) is 0 Å². The highest BCUT2D eigenvalue weighted by Crippen LogP contribution is 2.43. The highest BCUT2D eigenvalue weighted by Gasteiger charge is 2.25. The SMILES string of the molecule is O[CH]c1ccc(C2CC2)c(Br)c1. The Bertz CT molecular complexity index is 292. The van der Waals surface area contributed by atoms with Crippen molar-refractivity contribution in [2.45, 2.75) is 18.8 Å². The summed E-state index contributed by atoms with van der Waals surface area (Å²) in [6, 6.07) is 5.98. The second kappa shape index (κ2) is 3.19. The zero-order valence-electron chi connectivity index (χ0n) is 6.63. The van der Waals surface area contributed by atoms with Gasteiger partial charge in [-0.3, -0.25) is 0 Å². The quantitative estimate of drug-likeness (QED) is 0.820. The van der Waals surface area contributed by atoms with Gasteiger partial charge < -0.3 is 5.11 Å². The third kappa shape index (κ3) is 1.54. The minimum atomic E-state index is 0.757. The maximum absolute atomic E-state index is 8.76. The molecule has 1 aromatic rings. The molecule has 1 aromatic carbocycles. The van der Waals surface area contributed by atoms with Gasteiger partial charge in [-0.1, -0.05) is 28.1 Å². The van der Waals surface area contributed by atoms with Gasteiger partial charge in [0, 0.05) is 4.47 Å². The van der Waals surface area contributed by atoms with Crippen molar-refractivity contribution in [3.63, 3.8) is 0 Å². The van der Waals surface area contributed by atoms with Crippen LogP contribution in [0.3, 0.4) is 0 Å². The summed E-state index contributed by atoms with van der Waals surface area (Å²) < 4.78 is 1.12. The third-order valence-electron chi connectivity index (χ3n) is 2.19. The van der Waals surface area contributed by atoms with Crippen molar-refractivity contribution in [2.75, 3.05) is 0 Å². The van der Waals surface area contributed by atoms with E-state index in [0.29, 0.717) is 0 Å². The molecule has 0 saturated heterocycles. The first-order valence-corrected chi connectivity index (χ1v) is 4.87. The van der Waals surface area contributed by atoms with Gasteiger partial charge in [0.1, 0.15) is 6.61 Å². The molecule has 0 bridgehead atoms. The molecule has 1 nitrogen and oxygen atoms in total. The zero-order chi connectivity index (χ0) is 8.55. The average Bonchev–Trinajstić information content (AvgIpc) is 2.87. The lowest BCUT2D eigenvalue weighted by Gasteiger charge is -2.03. The van der Waals surface area contributed by atoms with Crippen LogP contribution in [0.2, 0.25) is 0 Å². The maximum atomic E-state index is 8.76. The summed E-state index contributed by atoms with van der Waals surface area (Å²) in [6.45, 7) is 1.13. The number of aliphatic hydroxyl groups is 1. The van der Waals surface area contributed by atoms with Crippen LogP contribution in [0.25, 0.3) is 0 Å². The number of hydrogen-bond donors (Lipinski definition) is 1. The van der Waals surface area contributed by atoms with Crippen LogP contribution >= 0.6 is 15.9 Å². The van der Waals surface area contributed by atoms with Gasteiger partial charge in [-0.2, -0.15) is 0 Å². The Kier molecular flexibility index (Phi) is 2.20. The van der Waals surface area contributed by atoms with E-state index in [1.165, 1.54) is 18.4 Å². The predicted molar refractivity (Wildman–Crippen MR) is 51.5 cm³/mol. The van der Waals surface area contributed by atoms with E-state index in [4.69, 9.17) is 5.11 Å². The average molecular weight is 226 g/mol. The van der Waals surface area contributed by atoms with Crippen molar-refractivity contribution in [3.8, 4) is 0 Å². The first kappa shape index (κ1) is 8.27. The number of halogens is 1. The minimum Gasteiger partial charge on any atom is -0.385 e. The summed E-state index contributed by atoms with van der Waals surface area (Å²) in [5.74, 6) is 0.757. The molecular formula is C10H10BrO. The molecule has 0 heterocycles. The number of hydrogen-bond acceptors (Lipinski definition) is 1. The summed E-state index contributed by atoms with van der Waals surface area (Å²) in [5.41, 5.74) is 2.23. The van der Waals surface area contributed by atoms with Crippen LogP contribution in [0, 0.1) is 6.61 Å². The lowest BCUT2D eigenvalue weighted by Crippen LogP contribution is -1.85. The highest BCUT2D eigenvalue weighted by molar-refractivity contribution is 9.10. The van der Waals surface area contributed by atoms with E-state index in [0.717, 1.165) is 22.6 Å². The van der Waals surface area contributed by atoms with E-state index in [-0.39, 0.29) is 0 Å². The second-order valence-electron chi connectivity index (χ2n) is 3.18. The first-order chi connectivity index (χ1) is 5.81.